The molecule has 44 valence electrons. The molecular weight excluding hydrogens is 115 g/mol. The highest BCUT2D eigenvalue weighted by atomic mass is 35.5. The molecule has 0 aromatic rings. The van der Waals surface area contributed by atoms with Gasteiger partial charge in [-0.3, -0.25) is 0 Å². The van der Waals surface area contributed by atoms with Crippen molar-refractivity contribution in [3.63, 3.8) is 0 Å². The molecule has 0 aliphatic carbocycles. The number of alkyl halides is 1. The average Bonchev–Trinajstić information content (AvgIpc) is 1.68. The van der Waals surface area contributed by atoms with Crippen LogP contribution in [0.3, 0.4) is 0 Å². The Morgan fingerprint density at radius 2 is 2.14 bits per heavy atom. The minimum absolute atomic E-state index is 0.0729. The third-order valence-electron chi connectivity index (χ3n) is 0.629. The second kappa shape index (κ2) is 2.50. The van der Waals surface area contributed by atoms with Crippen LogP contribution in [0, 0.1) is 0 Å². The summed E-state index contributed by atoms with van der Waals surface area (Å²) in [6, 6.07) is 0. The van der Waals surface area contributed by atoms with Crippen LogP contribution in [0.4, 0.5) is 0 Å². The van der Waals surface area contributed by atoms with E-state index in [0.717, 1.165) is 0 Å². The van der Waals surface area contributed by atoms with Crippen molar-refractivity contribution in [2.75, 3.05) is 12.5 Å². The molecule has 0 aliphatic heterocycles. The zero-order chi connectivity index (χ0) is 5.91. The number of hydrogen-bond donors (Lipinski definition) is 2. The molecule has 2 N–H and O–H groups in total. The third-order valence-corrected chi connectivity index (χ3v) is 1.20. The van der Waals surface area contributed by atoms with E-state index in [-0.39, 0.29) is 12.5 Å². The van der Waals surface area contributed by atoms with Crippen molar-refractivity contribution in [1.82, 2.24) is 0 Å². The molecule has 1 atom stereocenters. The van der Waals surface area contributed by atoms with Crippen LogP contribution in [0.2, 0.25) is 0 Å². The topological polar surface area (TPSA) is 40.5 Å². The van der Waals surface area contributed by atoms with E-state index in [9.17, 15) is 0 Å². The molecule has 0 aliphatic rings. The Bertz CT molecular complexity index is 47.7. The molecule has 0 aromatic carbocycles. The van der Waals surface area contributed by atoms with Gasteiger partial charge in [-0.25, -0.2) is 0 Å². The summed E-state index contributed by atoms with van der Waals surface area (Å²) in [5, 5.41) is 17.0. The van der Waals surface area contributed by atoms with Crippen molar-refractivity contribution in [3.8, 4) is 0 Å². The number of aliphatic hydroxyl groups is 2. The van der Waals surface area contributed by atoms with Crippen molar-refractivity contribution in [3.05, 3.63) is 0 Å². The Balaban J connectivity index is 3.36. The Labute approximate surface area is 47.7 Å². The first-order chi connectivity index (χ1) is 3.12. The van der Waals surface area contributed by atoms with E-state index in [0.29, 0.717) is 0 Å². The van der Waals surface area contributed by atoms with Gasteiger partial charge in [0.05, 0.1) is 18.1 Å². The monoisotopic (exact) mass is 124 g/mol. The van der Waals surface area contributed by atoms with Crippen LogP contribution in [-0.2, 0) is 0 Å². The Hall–Kier alpha value is 0.210. The number of hydrogen-bond acceptors (Lipinski definition) is 2. The van der Waals surface area contributed by atoms with Crippen molar-refractivity contribution >= 4 is 11.6 Å². The lowest BCUT2D eigenvalue weighted by Gasteiger charge is -2.14. The predicted molar refractivity (Wildman–Crippen MR) is 28.4 cm³/mol. The summed E-state index contributed by atoms with van der Waals surface area (Å²) in [5.41, 5.74) is -1.10. The van der Waals surface area contributed by atoms with Gasteiger partial charge >= 0.3 is 0 Å². The Morgan fingerprint density at radius 3 is 2.14 bits per heavy atom. The summed E-state index contributed by atoms with van der Waals surface area (Å²) in [5.74, 6) is 0.0729. The minimum atomic E-state index is -1.10. The van der Waals surface area contributed by atoms with Crippen LogP contribution < -0.4 is 0 Å². The summed E-state index contributed by atoms with van der Waals surface area (Å²) < 4.78 is 0. The summed E-state index contributed by atoms with van der Waals surface area (Å²) in [7, 11) is 0. The highest BCUT2D eigenvalue weighted by Gasteiger charge is 2.15. The molecule has 0 amide bonds. The molecule has 0 rings (SSSR count). The van der Waals surface area contributed by atoms with Gasteiger partial charge in [-0.2, -0.15) is 0 Å². The van der Waals surface area contributed by atoms with Crippen LogP contribution in [0.15, 0.2) is 0 Å². The first-order valence-corrected chi connectivity index (χ1v) is 2.55. The SMILES string of the molecule is CC(O)(CO)CCl. The van der Waals surface area contributed by atoms with Gasteiger partial charge in [0.2, 0.25) is 0 Å². The van der Waals surface area contributed by atoms with E-state index < -0.39 is 5.60 Å². The summed E-state index contributed by atoms with van der Waals surface area (Å²) in [4.78, 5) is 0. The molecule has 0 aromatic heterocycles. The normalized spacial score (nSPS) is 18.9. The molecule has 0 radical (unpaired) electrons. The van der Waals surface area contributed by atoms with Gasteiger partial charge in [0, 0.05) is 0 Å². The lowest BCUT2D eigenvalue weighted by molar-refractivity contribution is 0.0213. The van der Waals surface area contributed by atoms with E-state index >= 15 is 0 Å². The van der Waals surface area contributed by atoms with Gasteiger partial charge in [-0.15, -0.1) is 11.6 Å². The molecule has 0 bridgehead atoms. The zero-order valence-electron chi connectivity index (χ0n) is 4.19. The molecule has 0 heterocycles. The molecule has 0 fully saturated rings. The van der Waals surface area contributed by atoms with Gasteiger partial charge < -0.3 is 10.2 Å². The van der Waals surface area contributed by atoms with Crippen LogP contribution in [0.1, 0.15) is 6.92 Å². The van der Waals surface area contributed by atoms with Gasteiger partial charge in [0.1, 0.15) is 0 Å². The lowest BCUT2D eigenvalue weighted by Crippen LogP contribution is -2.30. The van der Waals surface area contributed by atoms with Crippen LogP contribution in [-0.4, -0.2) is 28.3 Å². The lowest BCUT2D eigenvalue weighted by atomic mass is 10.2. The highest BCUT2D eigenvalue weighted by Crippen LogP contribution is 2.01. The molecule has 0 saturated carbocycles. The maximum Gasteiger partial charge on any atom is 0.0983 e. The summed E-state index contributed by atoms with van der Waals surface area (Å²) in [6.45, 7) is 1.19. The van der Waals surface area contributed by atoms with E-state index in [2.05, 4.69) is 0 Å². The smallest absolute Gasteiger partial charge is 0.0983 e. The number of rotatable bonds is 2. The van der Waals surface area contributed by atoms with E-state index in [1.807, 2.05) is 0 Å². The summed E-state index contributed by atoms with van der Waals surface area (Å²) in [6.07, 6.45) is 0. The second-order valence-corrected chi connectivity index (χ2v) is 2.06. The highest BCUT2D eigenvalue weighted by molar-refractivity contribution is 6.18. The minimum Gasteiger partial charge on any atom is -0.393 e. The summed E-state index contributed by atoms with van der Waals surface area (Å²) >= 11 is 5.18. The van der Waals surface area contributed by atoms with Crippen molar-refractivity contribution in [2.24, 2.45) is 0 Å². The largest absolute Gasteiger partial charge is 0.393 e. The Kier molecular flexibility index (Phi) is 2.58. The van der Waals surface area contributed by atoms with Gasteiger partial charge in [0.25, 0.3) is 0 Å². The molecule has 0 spiro atoms. The van der Waals surface area contributed by atoms with Crippen molar-refractivity contribution in [2.45, 2.75) is 12.5 Å². The number of aliphatic hydroxyl groups excluding tert-OH is 1. The second-order valence-electron chi connectivity index (χ2n) is 1.79. The first-order valence-electron chi connectivity index (χ1n) is 2.01. The maximum atomic E-state index is 8.75. The fourth-order valence-corrected chi connectivity index (χ4v) is 0.127. The fourth-order valence-electron chi connectivity index (χ4n) is 0.0423. The van der Waals surface area contributed by atoms with Gasteiger partial charge in [-0.05, 0) is 6.92 Å². The fraction of sp³-hybridized carbons (Fsp3) is 1.00. The number of halogens is 1. The molecule has 3 heteroatoms. The van der Waals surface area contributed by atoms with E-state index in [4.69, 9.17) is 21.8 Å². The van der Waals surface area contributed by atoms with E-state index in [1.165, 1.54) is 6.92 Å². The van der Waals surface area contributed by atoms with E-state index in [1.54, 1.807) is 0 Å². The molecule has 2 nitrogen and oxygen atoms in total. The van der Waals surface area contributed by atoms with Gasteiger partial charge in [-0.1, -0.05) is 0 Å². The van der Waals surface area contributed by atoms with Crippen LogP contribution in [0.25, 0.3) is 0 Å². The first kappa shape index (κ1) is 7.21. The standard InChI is InChI=1S/C4H9ClO2/c1-4(7,2-5)3-6/h6-7H,2-3H2,1H3. The molecular formula is C4H9ClO2. The Morgan fingerprint density at radius 1 is 1.71 bits per heavy atom. The quantitative estimate of drug-likeness (QED) is 0.508. The predicted octanol–water partition coefficient (Wildman–Crippen LogP) is -0.0315. The van der Waals surface area contributed by atoms with Crippen molar-refractivity contribution in [1.29, 1.82) is 0 Å². The molecule has 1 unspecified atom stereocenters. The zero-order valence-corrected chi connectivity index (χ0v) is 4.94. The van der Waals surface area contributed by atoms with Crippen LogP contribution in [0.5, 0.6) is 0 Å². The maximum absolute atomic E-state index is 8.75. The van der Waals surface area contributed by atoms with Crippen LogP contribution >= 0.6 is 11.6 Å². The van der Waals surface area contributed by atoms with Crippen molar-refractivity contribution < 1.29 is 10.2 Å². The molecule has 7 heavy (non-hydrogen) atoms. The average molecular weight is 125 g/mol. The molecule has 0 saturated heterocycles. The third kappa shape index (κ3) is 2.85. The van der Waals surface area contributed by atoms with Gasteiger partial charge in [0.15, 0.2) is 0 Å².